The molecule has 0 N–H and O–H groups in total. The highest BCUT2D eigenvalue weighted by Gasteiger charge is 2.15. The molecular weight excluding hydrogens is 280 g/mol. The number of rotatable bonds is 11. The van der Waals surface area contributed by atoms with Crippen LogP contribution in [0.15, 0.2) is 18.2 Å². The first-order chi connectivity index (χ1) is 10.6. The summed E-state index contributed by atoms with van der Waals surface area (Å²) < 4.78 is 16.2. The van der Waals surface area contributed by atoms with Crippen molar-refractivity contribution in [3.63, 3.8) is 0 Å². The van der Waals surface area contributed by atoms with Crippen LogP contribution < -0.4 is 9.47 Å². The molecule has 0 aliphatic heterocycles. The zero-order valence-corrected chi connectivity index (χ0v) is 14.1. The lowest BCUT2D eigenvalue weighted by Gasteiger charge is -2.19. The molecule has 0 fully saturated rings. The number of methoxy groups -OCH3 is 2. The summed E-state index contributed by atoms with van der Waals surface area (Å²) in [5.74, 6) is 2.31. The van der Waals surface area contributed by atoms with Gasteiger partial charge < -0.3 is 19.0 Å². The van der Waals surface area contributed by atoms with Gasteiger partial charge in [0.05, 0.1) is 13.7 Å². The lowest BCUT2D eigenvalue weighted by molar-refractivity contribution is -0.108. The summed E-state index contributed by atoms with van der Waals surface area (Å²) in [6, 6.07) is 5.99. The second-order valence-corrected chi connectivity index (χ2v) is 5.79. The van der Waals surface area contributed by atoms with E-state index in [1.807, 2.05) is 18.2 Å². The van der Waals surface area contributed by atoms with Gasteiger partial charge >= 0.3 is 0 Å². The second-order valence-electron chi connectivity index (χ2n) is 5.79. The number of carbonyl (C=O) groups excluding carboxylic acids is 1. The standard InChI is InChI=1S/C18H28O4/c1-14(2)16(8-9-19)12-15-6-7-17(21-4)18(13-15)22-11-5-10-20-3/h6-7,9,13-14,16H,5,8,10-12H2,1-4H3. The van der Waals surface area contributed by atoms with Crippen LogP contribution in [-0.2, 0) is 16.0 Å². The van der Waals surface area contributed by atoms with Crippen LogP contribution in [0.25, 0.3) is 0 Å². The Hall–Kier alpha value is -1.55. The van der Waals surface area contributed by atoms with E-state index >= 15 is 0 Å². The molecule has 1 atom stereocenters. The lowest BCUT2D eigenvalue weighted by Crippen LogP contribution is -2.13. The predicted octanol–water partition coefficient (Wildman–Crippen LogP) is 3.51. The highest BCUT2D eigenvalue weighted by atomic mass is 16.5. The predicted molar refractivity (Wildman–Crippen MR) is 87.7 cm³/mol. The summed E-state index contributed by atoms with van der Waals surface area (Å²) in [7, 11) is 3.32. The van der Waals surface area contributed by atoms with Crippen molar-refractivity contribution in [3.8, 4) is 11.5 Å². The molecule has 0 spiro atoms. The van der Waals surface area contributed by atoms with Crippen LogP contribution in [0, 0.1) is 11.8 Å². The molecule has 4 heteroatoms. The molecule has 1 aromatic rings. The molecule has 1 aromatic carbocycles. The topological polar surface area (TPSA) is 44.8 Å². The van der Waals surface area contributed by atoms with Crippen LogP contribution in [0.4, 0.5) is 0 Å². The van der Waals surface area contributed by atoms with E-state index in [1.54, 1.807) is 14.2 Å². The number of aldehydes is 1. The summed E-state index contributed by atoms with van der Waals surface area (Å²) in [6.45, 7) is 5.58. The maximum absolute atomic E-state index is 10.8. The molecule has 0 saturated heterocycles. The van der Waals surface area contributed by atoms with Crippen molar-refractivity contribution in [2.24, 2.45) is 11.8 Å². The number of carbonyl (C=O) groups is 1. The molecule has 0 saturated carbocycles. The molecule has 0 aliphatic carbocycles. The first kappa shape index (κ1) is 18.5. The highest BCUT2D eigenvalue weighted by Crippen LogP contribution is 2.30. The van der Waals surface area contributed by atoms with Crippen LogP contribution in [0.5, 0.6) is 11.5 Å². The molecule has 0 radical (unpaired) electrons. The number of ether oxygens (including phenoxy) is 3. The summed E-state index contributed by atoms with van der Waals surface area (Å²) in [6.07, 6.45) is 3.31. The van der Waals surface area contributed by atoms with E-state index in [-0.39, 0.29) is 0 Å². The van der Waals surface area contributed by atoms with Crippen LogP contribution in [0.3, 0.4) is 0 Å². The van der Waals surface area contributed by atoms with Crippen LogP contribution >= 0.6 is 0 Å². The molecule has 0 bridgehead atoms. The Kier molecular flexibility index (Phi) is 8.60. The van der Waals surface area contributed by atoms with Crippen molar-refractivity contribution in [1.82, 2.24) is 0 Å². The van der Waals surface area contributed by atoms with E-state index in [2.05, 4.69) is 13.8 Å². The fraction of sp³-hybridized carbons (Fsp3) is 0.611. The van der Waals surface area contributed by atoms with E-state index in [9.17, 15) is 4.79 Å². The smallest absolute Gasteiger partial charge is 0.161 e. The van der Waals surface area contributed by atoms with Gasteiger partial charge in [0.2, 0.25) is 0 Å². The molecule has 22 heavy (non-hydrogen) atoms. The zero-order chi connectivity index (χ0) is 16.4. The van der Waals surface area contributed by atoms with Gasteiger partial charge in [-0.1, -0.05) is 19.9 Å². The first-order valence-electron chi connectivity index (χ1n) is 7.84. The summed E-state index contributed by atoms with van der Waals surface area (Å²) in [4.78, 5) is 10.8. The van der Waals surface area contributed by atoms with Crippen molar-refractivity contribution in [1.29, 1.82) is 0 Å². The second kappa shape index (κ2) is 10.2. The minimum absolute atomic E-state index is 0.354. The van der Waals surface area contributed by atoms with Crippen molar-refractivity contribution in [2.75, 3.05) is 27.4 Å². The van der Waals surface area contributed by atoms with Crippen LogP contribution in [-0.4, -0.2) is 33.7 Å². The van der Waals surface area contributed by atoms with Gasteiger partial charge in [0.15, 0.2) is 11.5 Å². The number of benzene rings is 1. The minimum atomic E-state index is 0.354. The normalized spacial score (nSPS) is 12.2. The maximum atomic E-state index is 10.8. The third kappa shape index (κ3) is 6.06. The lowest BCUT2D eigenvalue weighted by atomic mass is 9.87. The van der Waals surface area contributed by atoms with E-state index in [0.717, 1.165) is 30.6 Å². The van der Waals surface area contributed by atoms with Crippen molar-refractivity contribution < 1.29 is 19.0 Å². The zero-order valence-electron chi connectivity index (χ0n) is 14.1. The van der Waals surface area contributed by atoms with Gasteiger partial charge in [-0.05, 0) is 36.0 Å². The van der Waals surface area contributed by atoms with E-state index < -0.39 is 0 Å². The van der Waals surface area contributed by atoms with E-state index in [1.165, 1.54) is 5.56 Å². The molecule has 4 nitrogen and oxygen atoms in total. The number of hydrogen-bond acceptors (Lipinski definition) is 4. The van der Waals surface area contributed by atoms with Gasteiger partial charge in [-0.2, -0.15) is 0 Å². The largest absolute Gasteiger partial charge is 0.493 e. The first-order valence-corrected chi connectivity index (χ1v) is 7.84. The maximum Gasteiger partial charge on any atom is 0.161 e. The van der Waals surface area contributed by atoms with Crippen molar-refractivity contribution in [3.05, 3.63) is 23.8 Å². The molecule has 0 aromatic heterocycles. The minimum Gasteiger partial charge on any atom is -0.493 e. The Morgan fingerprint density at radius 1 is 1.14 bits per heavy atom. The Morgan fingerprint density at radius 3 is 2.50 bits per heavy atom. The Bertz CT molecular complexity index is 443. The Labute approximate surface area is 133 Å². The van der Waals surface area contributed by atoms with E-state index in [0.29, 0.717) is 31.5 Å². The molecule has 1 rings (SSSR count). The van der Waals surface area contributed by atoms with Gasteiger partial charge in [0, 0.05) is 26.6 Å². The molecule has 1 unspecified atom stereocenters. The number of hydrogen-bond donors (Lipinski definition) is 0. The average Bonchev–Trinajstić information content (AvgIpc) is 2.51. The Morgan fingerprint density at radius 2 is 1.91 bits per heavy atom. The molecule has 0 aliphatic rings. The summed E-state index contributed by atoms with van der Waals surface area (Å²) >= 11 is 0. The van der Waals surface area contributed by atoms with Gasteiger partial charge in [-0.25, -0.2) is 0 Å². The molecular formula is C18H28O4. The highest BCUT2D eigenvalue weighted by molar-refractivity contribution is 5.50. The van der Waals surface area contributed by atoms with Gasteiger partial charge in [0.1, 0.15) is 6.29 Å². The van der Waals surface area contributed by atoms with E-state index in [4.69, 9.17) is 14.2 Å². The quantitative estimate of drug-likeness (QED) is 0.463. The Balaban J connectivity index is 2.77. The third-order valence-corrected chi connectivity index (χ3v) is 3.82. The fourth-order valence-electron chi connectivity index (χ4n) is 2.36. The van der Waals surface area contributed by atoms with Gasteiger partial charge in [-0.15, -0.1) is 0 Å². The average molecular weight is 308 g/mol. The van der Waals surface area contributed by atoms with Crippen LogP contribution in [0.2, 0.25) is 0 Å². The third-order valence-electron chi connectivity index (χ3n) is 3.82. The monoisotopic (exact) mass is 308 g/mol. The van der Waals surface area contributed by atoms with Crippen LogP contribution in [0.1, 0.15) is 32.3 Å². The summed E-state index contributed by atoms with van der Waals surface area (Å²) in [5, 5.41) is 0. The van der Waals surface area contributed by atoms with Crippen molar-refractivity contribution >= 4 is 6.29 Å². The molecule has 0 heterocycles. The van der Waals surface area contributed by atoms with Gasteiger partial charge in [0.25, 0.3) is 0 Å². The van der Waals surface area contributed by atoms with Gasteiger partial charge in [-0.3, -0.25) is 0 Å². The SMILES string of the molecule is COCCCOc1cc(CC(CC=O)C(C)C)ccc1OC. The summed E-state index contributed by atoms with van der Waals surface area (Å²) in [5.41, 5.74) is 1.17. The molecule has 124 valence electrons. The fourth-order valence-corrected chi connectivity index (χ4v) is 2.36. The molecule has 0 amide bonds. The van der Waals surface area contributed by atoms with Crippen molar-refractivity contribution in [2.45, 2.75) is 33.1 Å².